The average molecular weight is 294 g/mol. The number of carbonyl (C=O) groups excluding carboxylic acids is 1. The van der Waals surface area contributed by atoms with Gasteiger partial charge >= 0.3 is 5.97 Å². The number of carbonyl (C=O) groups is 1. The number of unbranched alkanes of at least 4 members (excludes halogenated alkanes) is 1. The minimum Gasteiger partial charge on any atom is -0.496 e. The molecule has 1 fully saturated rings. The van der Waals surface area contributed by atoms with E-state index in [1.807, 2.05) is 17.8 Å². The van der Waals surface area contributed by atoms with Crippen molar-refractivity contribution in [1.82, 2.24) is 0 Å². The van der Waals surface area contributed by atoms with Crippen molar-refractivity contribution >= 4 is 17.7 Å². The lowest BCUT2D eigenvalue weighted by Gasteiger charge is -2.22. The predicted octanol–water partition coefficient (Wildman–Crippen LogP) is 4.01. The molecule has 1 saturated heterocycles. The van der Waals surface area contributed by atoms with Gasteiger partial charge in [0.05, 0.1) is 13.7 Å². The molecule has 0 saturated carbocycles. The highest BCUT2D eigenvalue weighted by molar-refractivity contribution is 7.99. The third-order valence-electron chi connectivity index (χ3n) is 3.56. The highest BCUT2D eigenvalue weighted by Crippen LogP contribution is 2.35. The second-order valence-electron chi connectivity index (χ2n) is 5.03. The SMILES string of the molecule is CCCCSc1cc([C@@H]2CCC(=O)OC2)ccc1OC. The third kappa shape index (κ3) is 3.92. The van der Waals surface area contributed by atoms with E-state index in [0.717, 1.165) is 17.9 Å². The molecule has 0 unspecified atom stereocenters. The minimum atomic E-state index is -0.0766. The zero-order valence-electron chi connectivity index (χ0n) is 12.2. The summed E-state index contributed by atoms with van der Waals surface area (Å²) in [6.07, 6.45) is 3.81. The molecule has 0 aromatic heterocycles. The first-order chi connectivity index (χ1) is 9.74. The number of esters is 1. The molecule has 0 aliphatic carbocycles. The van der Waals surface area contributed by atoms with Crippen LogP contribution >= 0.6 is 11.8 Å². The Morgan fingerprint density at radius 2 is 2.30 bits per heavy atom. The molecule has 0 amide bonds. The van der Waals surface area contributed by atoms with Crippen LogP contribution in [0.25, 0.3) is 0 Å². The lowest BCUT2D eigenvalue weighted by Crippen LogP contribution is -2.20. The number of thioether (sulfide) groups is 1. The number of methoxy groups -OCH3 is 1. The van der Waals surface area contributed by atoms with Crippen LogP contribution in [0.3, 0.4) is 0 Å². The van der Waals surface area contributed by atoms with Crippen LogP contribution in [0.2, 0.25) is 0 Å². The van der Waals surface area contributed by atoms with Gasteiger partial charge in [-0.05, 0) is 36.3 Å². The maximum Gasteiger partial charge on any atom is 0.305 e. The summed E-state index contributed by atoms with van der Waals surface area (Å²) < 4.78 is 10.6. The molecule has 110 valence electrons. The summed E-state index contributed by atoms with van der Waals surface area (Å²) in [6, 6.07) is 6.32. The molecule has 0 bridgehead atoms. The molecule has 4 heteroatoms. The van der Waals surface area contributed by atoms with Gasteiger partial charge in [-0.2, -0.15) is 0 Å². The number of rotatable bonds is 6. The molecule has 0 N–H and O–H groups in total. The normalized spacial score (nSPS) is 18.7. The summed E-state index contributed by atoms with van der Waals surface area (Å²) in [5, 5.41) is 0. The van der Waals surface area contributed by atoms with Crippen molar-refractivity contribution in [3.8, 4) is 5.75 Å². The number of hydrogen-bond donors (Lipinski definition) is 0. The summed E-state index contributed by atoms with van der Waals surface area (Å²) in [4.78, 5) is 12.3. The van der Waals surface area contributed by atoms with Crippen molar-refractivity contribution in [1.29, 1.82) is 0 Å². The third-order valence-corrected chi connectivity index (χ3v) is 4.68. The fraction of sp³-hybridized carbons (Fsp3) is 0.562. The zero-order valence-corrected chi connectivity index (χ0v) is 13.0. The van der Waals surface area contributed by atoms with Crippen molar-refractivity contribution in [3.63, 3.8) is 0 Å². The van der Waals surface area contributed by atoms with Crippen LogP contribution in [0, 0.1) is 0 Å². The predicted molar refractivity (Wildman–Crippen MR) is 81.6 cm³/mol. The van der Waals surface area contributed by atoms with Crippen LogP contribution < -0.4 is 4.74 Å². The van der Waals surface area contributed by atoms with Gasteiger partial charge in [0.15, 0.2) is 0 Å². The Labute approximate surface area is 125 Å². The van der Waals surface area contributed by atoms with E-state index in [0.29, 0.717) is 18.9 Å². The van der Waals surface area contributed by atoms with E-state index in [2.05, 4.69) is 19.1 Å². The van der Waals surface area contributed by atoms with Gasteiger partial charge in [0.1, 0.15) is 5.75 Å². The van der Waals surface area contributed by atoms with Crippen molar-refractivity contribution in [2.45, 2.75) is 43.4 Å². The van der Waals surface area contributed by atoms with E-state index in [1.54, 1.807) is 7.11 Å². The quantitative estimate of drug-likeness (QED) is 0.451. The highest BCUT2D eigenvalue weighted by Gasteiger charge is 2.22. The van der Waals surface area contributed by atoms with Crippen LogP contribution in [0.5, 0.6) is 5.75 Å². The lowest BCUT2D eigenvalue weighted by molar-refractivity contribution is -0.147. The molecule has 1 aromatic rings. The van der Waals surface area contributed by atoms with Gasteiger partial charge in [-0.1, -0.05) is 19.4 Å². The van der Waals surface area contributed by atoms with Gasteiger partial charge < -0.3 is 9.47 Å². The number of cyclic esters (lactones) is 1. The Balaban J connectivity index is 2.09. The molecule has 0 radical (unpaired) electrons. The molecule has 1 aliphatic rings. The summed E-state index contributed by atoms with van der Waals surface area (Å²) in [5.41, 5.74) is 1.25. The van der Waals surface area contributed by atoms with Gasteiger partial charge in [-0.15, -0.1) is 11.8 Å². The number of ether oxygens (including phenoxy) is 2. The highest BCUT2D eigenvalue weighted by atomic mass is 32.2. The molecular formula is C16H22O3S. The first-order valence-electron chi connectivity index (χ1n) is 7.21. The van der Waals surface area contributed by atoms with E-state index < -0.39 is 0 Å². The van der Waals surface area contributed by atoms with E-state index in [9.17, 15) is 4.79 Å². The van der Waals surface area contributed by atoms with Crippen LogP contribution in [0.15, 0.2) is 23.1 Å². The molecule has 20 heavy (non-hydrogen) atoms. The van der Waals surface area contributed by atoms with Gasteiger partial charge in [0.2, 0.25) is 0 Å². The molecule has 0 spiro atoms. The summed E-state index contributed by atoms with van der Waals surface area (Å²) >= 11 is 1.84. The van der Waals surface area contributed by atoms with Gasteiger partial charge in [-0.25, -0.2) is 0 Å². The number of hydrogen-bond acceptors (Lipinski definition) is 4. The fourth-order valence-electron chi connectivity index (χ4n) is 2.29. The van der Waals surface area contributed by atoms with Gasteiger partial charge in [0, 0.05) is 17.2 Å². The van der Waals surface area contributed by atoms with E-state index in [-0.39, 0.29) is 5.97 Å². The molecule has 1 aromatic carbocycles. The first-order valence-corrected chi connectivity index (χ1v) is 8.19. The summed E-state index contributed by atoms with van der Waals surface area (Å²) in [6.45, 7) is 2.70. The van der Waals surface area contributed by atoms with Crippen molar-refractivity contribution in [2.24, 2.45) is 0 Å². The van der Waals surface area contributed by atoms with E-state index >= 15 is 0 Å². The fourth-order valence-corrected chi connectivity index (χ4v) is 3.46. The summed E-state index contributed by atoms with van der Waals surface area (Å²) in [7, 11) is 1.71. The second-order valence-corrected chi connectivity index (χ2v) is 6.17. The van der Waals surface area contributed by atoms with Crippen LogP contribution in [0.1, 0.15) is 44.1 Å². The molecule has 1 aliphatic heterocycles. The van der Waals surface area contributed by atoms with Crippen molar-refractivity contribution < 1.29 is 14.3 Å². The zero-order chi connectivity index (χ0) is 14.4. The van der Waals surface area contributed by atoms with E-state index in [1.165, 1.54) is 23.3 Å². The van der Waals surface area contributed by atoms with Crippen molar-refractivity contribution in [2.75, 3.05) is 19.5 Å². The average Bonchev–Trinajstić information content (AvgIpc) is 2.48. The molecule has 2 rings (SSSR count). The van der Waals surface area contributed by atoms with Crippen LogP contribution in [-0.2, 0) is 9.53 Å². The Morgan fingerprint density at radius 3 is 2.95 bits per heavy atom. The number of benzene rings is 1. The minimum absolute atomic E-state index is 0.0766. The first kappa shape index (κ1) is 15.2. The Kier molecular flexibility index (Phi) is 5.77. The van der Waals surface area contributed by atoms with E-state index in [4.69, 9.17) is 9.47 Å². The maximum absolute atomic E-state index is 11.1. The summed E-state index contributed by atoms with van der Waals surface area (Å²) in [5.74, 6) is 2.29. The second kappa shape index (κ2) is 7.58. The standard InChI is InChI=1S/C16H22O3S/c1-3-4-9-20-15-10-12(5-7-14(15)18-2)13-6-8-16(17)19-11-13/h5,7,10,13H,3-4,6,8-9,11H2,1-2H3/t13-/m1/s1. The van der Waals surface area contributed by atoms with Crippen molar-refractivity contribution in [3.05, 3.63) is 23.8 Å². The Morgan fingerprint density at radius 1 is 1.45 bits per heavy atom. The molecule has 1 heterocycles. The molecule has 3 nitrogen and oxygen atoms in total. The topological polar surface area (TPSA) is 35.5 Å². The largest absolute Gasteiger partial charge is 0.496 e. The Hall–Kier alpha value is -1.16. The van der Waals surface area contributed by atoms with Gasteiger partial charge in [0.25, 0.3) is 0 Å². The smallest absolute Gasteiger partial charge is 0.305 e. The Bertz CT molecular complexity index is 449. The van der Waals surface area contributed by atoms with Gasteiger partial charge in [-0.3, -0.25) is 4.79 Å². The van der Waals surface area contributed by atoms with Crippen LogP contribution in [0.4, 0.5) is 0 Å². The maximum atomic E-state index is 11.1. The monoisotopic (exact) mass is 294 g/mol. The lowest BCUT2D eigenvalue weighted by atomic mass is 9.93. The molecular weight excluding hydrogens is 272 g/mol. The van der Waals surface area contributed by atoms with Crippen LogP contribution in [-0.4, -0.2) is 25.4 Å². The molecule has 1 atom stereocenters.